The van der Waals surface area contributed by atoms with Crippen molar-refractivity contribution in [3.8, 4) is 0 Å². The van der Waals surface area contributed by atoms with Gasteiger partial charge in [-0.15, -0.1) is 0 Å². The first-order valence-electron chi connectivity index (χ1n) is 1.68. The molecule has 0 aromatic rings. The predicted molar refractivity (Wildman–Crippen MR) is 23.6 cm³/mol. The van der Waals surface area contributed by atoms with Crippen LogP contribution in [0, 0.1) is 0 Å². The van der Waals surface area contributed by atoms with Crippen LogP contribution < -0.4 is 29.6 Å². The molecule has 0 aliphatic heterocycles. The van der Waals surface area contributed by atoms with Gasteiger partial charge in [-0.2, -0.15) is 0 Å². The van der Waals surface area contributed by atoms with Crippen LogP contribution in [-0.2, 0) is 4.79 Å². The average Bonchev–Trinajstić information content (AvgIpc) is 1.27. The van der Waals surface area contributed by atoms with E-state index in [4.69, 9.17) is 5.11 Å². The van der Waals surface area contributed by atoms with Gasteiger partial charge in [0.15, 0.2) is 0 Å². The molecule has 0 unspecified atom stereocenters. The van der Waals surface area contributed by atoms with Gasteiger partial charge in [0.1, 0.15) is 5.83 Å². The monoisotopic (exact) mass is 128 g/mol. The van der Waals surface area contributed by atoms with Crippen LogP contribution in [0.2, 0.25) is 0 Å². The van der Waals surface area contributed by atoms with Gasteiger partial charge in [-0.05, 0) is 0 Å². The summed E-state index contributed by atoms with van der Waals surface area (Å²) in [7, 11) is 0. The van der Waals surface area contributed by atoms with E-state index in [9.17, 15) is 9.18 Å². The molecule has 0 heterocycles. The summed E-state index contributed by atoms with van der Waals surface area (Å²) in [5.74, 6) is -2.00. The molecule has 2 nitrogen and oxygen atoms in total. The Balaban J connectivity index is -0.000000180. The summed E-state index contributed by atoms with van der Waals surface area (Å²) >= 11 is 0. The third-order valence-electron chi connectivity index (χ3n) is 0.343. The van der Waals surface area contributed by atoms with E-state index in [-0.39, 0.29) is 31.0 Å². The van der Waals surface area contributed by atoms with Gasteiger partial charge in [-0.25, -0.2) is 4.39 Å². The van der Waals surface area contributed by atoms with Crippen LogP contribution in [0.15, 0.2) is 12.4 Å². The van der Waals surface area contributed by atoms with Crippen LogP contribution in [0.25, 0.3) is 0 Å². The molecule has 0 aromatic heterocycles. The Morgan fingerprint density at radius 1 is 1.88 bits per heavy atom. The van der Waals surface area contributed by atoms with Crippen molar-refractivity contribution >= 4 is 5.97 Å². The zero-order chi connectivity index (χ0) is 5.86. The van der Waals surface area contributed by atoms with Crippen molar-refractivity contribution in [3.05, 3.63) is 12.4 Å². The maximum Gasteiger partial charge on any atom is 1.00 e. The van der Waals surface area contributed by atoms with E-state index in [0.717, 1.165) is 0 Å². The zero-order valence-corrected chi connectivity index (χ0v) is 6.65. The molecule has 0 bridgehead atoms. The van der Waals surface area contributed by atoms with Crippen LogP contribution >= 0.6 is 0 Å². The molecule has 0 aliphatic rings. The fourth-order valence-corrected chi connectivity index (χ4v) is 0.164. The molecule has 0 saturated heterocycles. The second-order valence-corrected chi connectivity index (χ2v) is 1.09. The molecule has 0 fully saturated rings. The van der Waals surface area contributed by atoms with Crippen LogP contribution in [-0.4, -0.2) is 11.1 Å². The van der Waals surface area contributed by atoms with E-state index in [1.54, 1.807) is 0 Å². The number of halogens is 1. The minimum atomic E-state index is -1.19. The number of hydrogen-bond acceptors (Lipinski definition) is 1. The molecule has 8 heavy (non-hydrogen) atoms. The first-order chi connectivity index (χ1) is 3.13. The maximum atomic E-state index is 11.4. The third-order valence-corrected chi connectivity index (χ3v) is 0.343. The van der Waals surface area contributed by atoms with Crippen LogP contribution in [0.3, 0.4) is 0 Å². The molecule has 0 amide bonds. The molecule has 0 spiro atoms. The summed E-state index contributed by atoms with van der Waals surface area (Å²) < 4.78 is 11.4. The second kappa shape index (κ2) is 5.28. The summed E-state index contributed by atoms with van der Waals surface area (Å²) in [4.78, 5) is 9.51. The summed E-state index contributed by atoms with van der Waals surface area (Å²) in [6.07, 6.45) is -0.583. The molecule has 0 radical (unpaired) electrons. The molecule has 0 rings (SSSR count). The molecule has 0 atom stereocenters. The van der Waals surface area contributed by atoms with Gasteiger partial charge in [-0.3, -0.25) is 4.79 Å². The first-order valence-corrected chi connectivity index (χ1v) is 1.68. The number of hydrogen-bond donors (Lipinski definition) is 1. The third kappa shape index (κ3) is 9.46. The van der Waals surface area contributed by atoms with Gasteiger partial charge in [0, 0.05) is 0 Å². The Morgan fingerprint density at radius 2 is 2.25 bits per heavy atom. The number of aliphatic carboxylic acids is 1. The van der Waals surface area contributed by atoms with E-state index in [0.29, 0.717) is 0 Å². The van der Waals surface area contributed by atoms with Gasteiger partial charge in [0.05, 0.1) is 6.42 Å². The minimum absolute atomic E-state index is 0. The molecular weight excluding hydrogens is 122 g/mol. The Labute approximate surface area is 70.2 Å². The van der Waals surface area contributed by atoms with Crippen LogP contribution in [0.4, 0.5) is 4.39 Å². The van der Waals surface area contributed by atoms with Gasteiger partial charge in [0.2, 0.25) is 0 Å². The van der Waals surface area contributed by atoms with Gasteiger partial charge in [0.25, 0.3) is 0 Å². The quantitative estimate of drug-likeness (QED) is 0.439. The molecule has 0 aliphatic carbocycles. The van der Waals surface area contributed by atoms with Crippen molar-refractivity contribution in [1.29, 1.82) is 0 Å². The van der Waals surface area contributed by atoms with Crippen molar-refractivity contribution in [1.82, 2.24) is 0 Å². The van der Waals surface area contributed by atoms with E-state index >= 15 is 0 Å². The van der Waals surface area contributed by atoms with E-state index in [1.165, 1.54) is 0 Å². The summed E-state index contributed by atoms with van der Waals surface area (Å²) in [6, 6.07) is 0. The largest absolute Gasteiger partial charge is 1.00 e. The molecule has 42 valence electrons. The number of carboxylic acids is 1. The second-order valence-electron chi connectivity index (χ2n) is 1.09. The smallest absolute Gasteiger partial charge is 1.00 e. The summed E-state index contributed by atoms with van der Waals surface area (Å²) in [5, 5.41) is 7.78. The topological polar surface area (TPSA) is 37.3 Å². The summed E-state index contributed by atoms with van der Waals surface area (Å²) in [5.41, 5.74) is 0. The van der Waals surface area contributed by atoms with Crippen molar-refractivity contribution in [3.63, 3.8) is 0 Å². The predicted octanol–water partition coefficient (Wildman–Crippen LogP) is -1.94. The number of carbonyl (C=O) groups is 1. The molecule has 0 aromatic carbocycles. The van der Waals surface area contributed by atoms with Gasteiger partial charge < -0.3 is 6.53 Å². The minimum Gasteiger partial charge on any atom is -1.00 e. The Morgan fingerprint density at radius 3 is 2.25 bits per heavy atom. The van der Waals surface area contributed by atoms with Crippen LogP contribution in [0.1, 0.15) is 7.85 Å². The first kappa shape index (κ1) is 11.0. The van der Waals surface area contributed by atoms with Crippen LogP contribution in [0.5, 0.6) is 0 Å². The van der Waals surface area contributed by atoms with E-state index < -0.39 is 18.2 Å². The standard InChI is InChI=1S/C4H5FO2.Na.H/c1-3(5)2-4(6)7;;/h1-2H2,(H,6,7);;/q;+1;-1. The number of carboxylic acid groups (broad SMARTS) is 1. The normalized spacial score (nSPS) is 7.12. The molecular formula is C4H6FNaO2. The van der Waals surface area contributed by atoms with Crippen molar-refractivity contribution in [2.45, 2.75) is 6.42 Å². The van der Waals surface area contributed by atoms with Gasteiger partial charge >= 0.3 is 35.5 Å². The average molecular weight is 128 g/mol. The molecule has 4 heteroatoms. The Bertz CT molecular complexity index is 94.7. The fourth-order valence-electron chi connectivity index (χ4n) is 0.164. The van der Waals surface area contributed by atoms with Gasteiger partial charge in [-0.1, -0.05) is 6.58 Å². The SMILES string of the molecule is C=C(F)CC(=O)O.[H-].[Na+]. The Kier molecular flexibility index (Phi) is 7.26. The summed E-state index contributed by atoms with van der Waals surface area (Å²) in [6.45, 7) is 2.75. The van der Waals surface area contributed by atoms with Crippen molar-refractivity contribution in [2.24, 2.45) is 0 Å². The number of rotatable bonds is 2. The van der Waals surface area contributed by atoms with Crippen molar-refractivity contribution in [2.75, 3.05) is 0 Å². The Hall–Kier alpha value is 0.140. The van der Waals surface area contributed by atoms with E-state index in [1.807, 2.05) is 0 Å². The van der Waals surface area contributed by atoms with Crippen molar-refractivity contribution < 1.29 is 45.3 Å². The fraction of sp³-hybridized carbons (Fsp3) is 0.250. The molecule has 0 saturated carbocycles. The molecule has 1 N–H and O–H groups in total. The maximum absolute atomic E-state index is 11.4. The van der Waals surface area contributed by atoms with E-state index in [2.05, 4.69) is 6.58 Å². The zero-order valence-electron chi connectivity index (χ0n) is 5.65.